The van der Waals surface area contributed by atoms with E-state index in [1.54, 1.807) is 44.6 Å². The molecule has 0 unspecified atom stereocenters. The highest BCUT2D eigenvalue weighted by atomic mass is 16.5. The van der Waals surface area contributed by atoms with E-state index in [1.807, 2.05) is 49.4 Å². The molecule has 0 spiro atoms. The molecule has 1 aromatic heterocycles. The summed E-state index contributed by atoms with van der Waals surface area (Å²) in [5, 5.41) is 8.94. The first kappa shape index (κ1) is 30.2. The number of carbonyl (C=O) groups excluding carboxylic acids is 2. The van der Waals surface area contributed by atoms with Gasteiger partial charge in [0.25, 0.3) is 17.4 Å². The number of nitrogens with one attached hydrogen (secondary N) is 3. The molecule has 0 saturated carbocycles. The van der Waals surface area contributed by atoms with Crippen molar-refractivity contribution in [2.75, 3.05) is 30.9 Å². The van der Waals surface area contributed by atoms with Crippen molar-refractivity contribution >= 4 is 29.0 Å². The lowest BCUT2D eigenvalue weighted by Crippen LogP contribution is -2.26. The first-order valence-electron chi connectivity index (χ1n) is 14.0. The van der Waals surface area contributed by atoms with Crippen LogP contribution >= 0.6 is 0 Å². The molecule has 0 radical (unpaired) electrons. The van der Waals surface area contributed by atoms with E-state index < -0.39 is 0 Å². The lowest BCUT2D eigenvalue weighted by atomic mass is 10.0. The van der Waals surface area contributed by atoms with Crippen LogP contribution < -0.4 is 21.5 Å². The highest BCUT2D eigenvalue weighted by Gasteiger charge is 2.16. The van der Waals surface area contributed by atoms with Gasteiger partial charge in [0.1, 0.15) is 0 Å². The maximum atomic E-state index is 13.3. The molecule has 0 aliphatic carbocycles. The van der Waals surface area contributed by atoms with E-state index >= 15 is 0 Å². The Kier molecular flexibility index (Phi) is 10.2. The summed E-state index contributed by atoms with van der Waals surface area (Å²) in [5.74, 6) is -0.221. The summed E-state index contributed by atoms with van der Waals surface area (Å²) in [6, 6.07) is 20.1. The van der Waals surface area contributed by atoms with Crippen molar-refractivity contribution in [1.29, 1.82) is 0 Å². The van der Waals surface area contributed by atoms with Gasteiger partial charge in [-0.2, -0.15) is 0 Å². The number of methoxy groups -OCH3 is 1. The van der Waals surface area contributed by atoms with Gasteiger partial charge in [0.15, 0.2) is 5.82 Å². The Bertz CT molecular complexity index is 1610. The lowest BCUT2D eigenvalue weighted by molar-refractivity contribution is 0.0936. The minimum atomic E-state index is -0.300. The molecule has 0 bridgehead atoms. The third-order valence-corrected chi connectivity index (χ3v) is 6.99. The Balaban J connectivity index is 1.56. The Labute approximate surface area is 246 Å². The predicted octanol–water partition coefficient (Wildman–Crippen LogP) is 5.47. The number of aryl methyl sites for hydroxylation is 2. The largest absolute Gasteiger partial charge is 0.383 e. The molecule has 9 nitrogen and oxygen atoms in total. The number of unbranched alkanes of at least 4 members (excludes halogenated alkanes) is 1. The SMILES string of the molecule is CCCCc1ccccc1C(=O)Nc1cccc(-c2cn(C)c(=O)c(Nc3ccc(C(=O)NCCOC)cc3)n2)c1C. The molecule has 0 fully saturated rings. The monoisotopic (exact) mass is 567 g/mol. The van der Waals surface area contributed by atoms with Crippen molar-refractivity contribution in [3.8, 4) is 11.3 Å². The van der Waals surface area contributed by atoms with Gasteiger partial charge >= 0.3 is 0 Å². The van der Waals surface area contributed by atoms with Crippen LogP contribution in [0.3, 0.4) is 0 Å². The summed E-state index contributed by atoms with van der Waals surface area (Å²) in [4.78, 5) is 43.1. The van der Waals surface area contributed by atoms with Crippen LogP contribution in [0.2, 0.25) is 0 Å². The normalized spacial score (nSPS) is 10.8. The minimum absolute atomic E-state index is 0.144. The van der Waals surface area contributed by atoms with Crippen molar-refractivity contribution in [2.24, 2.45) is 7.05 Å². The van der Waals surface area contributed by atoms with Gasteiger partial charge in [0.05, 0.1) is 12.3 Å². The van der Waals surface area contributed by atoms with E-state index in [-0.39, 0.29) is 23.2 Å². The highest BCUT2D eigenvalue weighted by Crippen LogP contribution is 2.28. The zero-order chi connectivity index (χ0) is 30.1. The standard InChI is InChI=1S/C33H37N5O4/c1-5-6-10-23-11-7-8-12-27(23)32(40)37-28-14-9-13-26(22(28)2)29-21-38(3)33(41)30(36-29)35-25-17-15-24(16-18-25)31(39)34-19-20-42-4/h7-9,11-18,21H,5-6,10,19-20H2,1-4H3,(H,34,39)(H,35,36)(H,37,40). The van der Waals surface area contributed by atoms with Gasteiger partial charge in [-0.05, 0) is 67.3 Å². The quantitative estimate of drug-likeness (QED) is 0.196. The van der Waals surface area contributed by atoms with Gasteiger partial charge in [-0.1, -0.05) is 43.7 Å². The van der Waals surface area contributed by atoms with E-state index in [9.17, 15) is 14.4 Å². The Hall–Kier alpha value is -4.76. The molecule has 2 amide bonds. The molecule has 3 N–H and O–H groups in total. The summed E-state index contributed by atoms with van der Waals surface area (Å²) in [7, 11) is 3.24. The number of nitrogens with zero attached hydrogens (tertiary/aromatic N) is 2. The third kappa shape index (κ3) is 7.30. The molecule has 0 atom stereocenters. The second-order valence-electron chi connectivity index (χ2n) is 10.0. The van der Waals surface area contributed by atoms with Crippen molar-refractivity contribution in [2.45, 2.75) is 33.1 Å². The van der Waals surface area contributed by atoms with Crippen LogP contribution in [0.5, 0.6) is 0 Å². The van der Waals surface area contributed by atoms with Crippen LogP contribution in [0, 0.1) is 6.92 Å². The fraction of sp³-hybridized carbons (Fsp3) is 0.273. The first-order chi connectivity index (χ1) is 20.3. The average molecular weight is 568 g/mol. The number of amides is 2. The fourth-order valence-electron chi connectivity index (χ4n) is 4.59. The van der Waals surface area contributed by atoms with Crippen LogP contribution in [0.4, 0.5) is 17.2 Å². The molecule has 0 aliphatic rings. The van der Waals surface area contributed by atoms with E-state index in [4.69, 9.17) is 4.74 Å². The smallest absolute Gasteiger partial charge is 0.293 e. The van der Waals surface area contributed by atoms with E-state index in [1.165, 1.54) is 4.57 Å². The molecular formula is C33H37N5O4. The zero-order valence-corrected chi connectivity index (χ0v) is 24.5. The van der Waals surface area contributed by atoms with E-state index in [2.05, 4.69) is 27.9 Å². The van der Waals surface area contributed by atoms with Crippen LogP contribution in [-0.2, 0) is 18.2 Å². The van der Waals surface area contributed by atoms with Crippen molar-refractivity contribution in [3.63, 3.8) is 0 Å². The topological polar surface area (TPSA) is 114 Å². The Morgan fingerprint density at radius 1 is 0.976 bits per heavy atom. The second-order valence-corrected chi connectivity index (χ2v) is 10.0. The molecule has 4 rings (SSSR count). The van der Waals surface area contributed by atoms with Gasteiger partial charge in [0.2, 0.25) is 0 Å². The van der Waals surface area contributed by atoms with Gasteiger partial charge in [-0.15, -0.1) is 0 Å². The number of ether oxygens (including phenoxy) is 1. The van der Waals surface area contributed by atoms with Crippen LogP contribution in [-0.4, -0.2) is 41.6 Å². The molecule has 1 heterocycles. The lowest BCUT2D eigenvalue weighted by Gasteiger charge is -2.15. The second kappa shape index (κ2) is 14.2. The number of aromatic nitrogens is 2. The molecule has 218 valence electrons. The number of carbonyl (C=O) groups is 2. The number of hydrogen-bond acceptors (Lipinski definition) is 6. The van der Waals surface area contributed by atoms with E-state index in [0.717, 1.165) is 36.0 Å². The molecule has 42 heavy (non-hydrogen) atoms. The highest BCUT2D eigenvalue weighted by molar-refractivity contribution is 6.06. The Morgan fingerprint density at radius 3 is 2.48 bits per heavy atom. The summed E-state index contributed by atoms with van der Waals surface area (Å²) >= 11 is 0. The number of anilines is 3. The van der Waals surface area contributed by atoms with Gasteiger partial charge < -0.3 is 25.3 Å². The third-order valence-electron chi connectivity index (χ3n) is 6.99. The van der Waals surface area contributed by atoms with Crippen LogP contribution in [0.1, 0.15) is 51.6 Å². The van der Waals surface area contributed by atoms with Crippen molar-refractivity contribution in [3.05, 3.63) is 106 Å². The van der Waals surface area contributed by atoms with Gasteiger partial charge in [0, 0.05) is 55.0 Å². The Morgan fingerprint density at radius 2 is 1.74 bits per heavy atom. The first-order valence-corrected chi connectivity index (χ1v) is 14.0. The minimum Gasteiger partial charge on any atom is -0.383 e. The molecule has 4 aromatic rings. The van der Waals surface area contributed by atoms with Gasteiger partial charge in [-0.25, -0.2) is 4.98 Å². The maximum Gasteiger partial charge on any atom is 0.293 e. The maximum absolute atomic E-state index is 13.3. The summed E-state index contributed by atoms with van der Waals surface area (Å²) in [5.41, 5.74) is 5.37. The van der Waals surface area contributed by atoms with Crippen molar-refractivity contribution < 1.29 is 14.3 Å². The predicted molar refractivity (Wildman–Crippen MR) is 167 cm³/mol. The average Bonchev–Trinajstić information content (AvgIpc) is 3.00. The molecule has 3 aromatic carbocycles. The fourth-order valence-corrected chi connectivity index (χ4v) is 4.59. The number of rotatable bonds is 12. The summed E-state index contributed by atoms with van der Waals surface area (Å²) in [6.07, 6.45) is 4.59. The molecule has 9 heteroatoms. The van der Waals surface area contributed by atoms with E-state index in [0.29, 0.717) is 41.3 Å². The number of benzene rings is 3. The molecule has 0 saturated heterocycles. The van der Waals surface area contributed by atoms with Gasteiger partial charge in [-0.3, -0.25) is 14.4 Å². The van der Waals surface area contributed by atoms with Crippen molar-refractivity contribution in [1.82, 2.24) is 14.9 Å². The zero-order valence-electron chi connectivity index (χ0n) is 24.5. The summed E-state index contributed by atoms with van der Waals surface area (Å²) in [6.45, 7) is 4.90. The summed E-state index contributed by atoms with van der Waals surface area (Å²) < 4.78 is 6.43. The van der Waals surface area contributed by atoms with Crippen LogP contribution in [0.25, 0.3) is 11.3 Å². The number of hydrogen-bond donors (Lipinski definition) is 3. The molecule has 0 aliphatic heterocycles. The van der Waals surface area contributed by atoms with Crippen LogP contribution in [0.15, 0.2) is 77.7 Å². The molecular weight excluding hydrogens is 530 g/mol.